The Hall–Kier alpha value is -6.04. The number of rotatable bonds is 2. The summed E-state index contributed by atoms with van der Waals surface area (Å²) in [5.41, 5.74) is 21.4. The normalized spacial score (nSPS) is 16.5. The second-order valence-corrected chi connectivity index (χ2v) is 26.4. The maximum atomic E-state index is 2.73. The third-order valence-electron chi connectivity index (χ3n) is 16.8. The molecule has 7 aromatic carbocycles. The molecule has 5 heteroatoms. The van der Waals surface area contributed by atoms with Gasteiger partial charge in [0, 0.05) is 59.2 Å². The maximum Gasteiger partial charge on any atom is 0.264 e. The van der Waals surface area contributed by atoms with E-state index in [2.05, 4.69) is 232 Å². The molecule has 69 heavy (non-hydrogen) atoms. The molecule has 0 N–H and O–H groups in total. The molecular weight excluding hydrogens is 854 g/mol. The van der Waals surface area contributed by atoms with Gasteiger partial charge in [0.15, 0.2) is 0 Å². The van der Waals surface area contributed by atoms with Crippen molar-refractivity contribution in [1.29, 1.82) is 0 Å². The van der Waals surface area contributed by atoms with E-state index in [4.69, 9.17) is 0 Å². The van der Waals surface area contributed by atoms with E-state index in [1.54, 1.807) is 0 Å². The molecule has 344 valence electrons. The number of anilines is 6. The molecular formula is C64H64BN3S. The van der Waals surface area contributed by atoms with E-state index in [1.807, 2.05) is 11.3 Å². The Balaban J connectivity index is 1.23. The fraction of sp³-hybridized carbons (Fsp3) is 0.312. The summed E-state index contributed by atoms with van der Waals surface area (Å²) in [6.45, 7) is 31.1. The van der Waals surface area contributed by atoms with Crippen molar-refractivity contribution >= 4 is 116 Å². The van der Waals surface area contributed by atoms with E-state index < -0.39 is 0 Å². The lowest BCUT2D eigenvalue weighted by molar-refractivity contribution is 0.332. The summed E-state index contributed by atoms with van der Waals surface area (Å²) in [4.78, 5) is 5.42. The SMILES string of the molecule is CC(C)(C)c1ccc(N2c3cc(C(C)(C)C)cc4c3B(c3cc5c6ccccc6n6c7ccccc7c(c32)c56)c2sc3ccc(C(C)(C)C)cc3c2N4c2ccc3c(c2)C(C)(C)CCC3(C)C)cc1. The van der Waals surface area contributed by atoms with Gasteiger partial charge < -0.3 is 14.2 Å². The smallest absolute Gasteiger partial charge is 0.264 e. The summed E-state index contributed by atoms with van der Waals surface area (Å²) in [5, 5.41) is 6.62. The second-order valence-electron chi connectivity index (χ2n) is 25.3. The molecule has 3 nitrogen and oxygen atoms in total. The zero-order chi connectivity index (χ0) is 48.1. The molecule has 5 heterocycles. The number of thiophene rings is 1. The average Bonchev–Trinajstić information content (AvgIpc) is 3.96. The first-order valence-corrected chi connectivity index (χ1v) is 26.2. The summed E-state index contributed by atoms with van der Waals surface area (Å²) >= 11 is 2.02. The lowest BCUT2D eigenvalue weighted by atomic mass is 9.36. The Kier molecular flexibility index (Phi) is 8.63. The third-order valence-corrected chi connectivity index (χ3v) is 18.0. The molecule has 0 saturated heterocycles. The molecule has 0 bridgehead atoms. The van der Waals surface area contributed by atoms with Gasteiger partial charge in [-0.25, -0.2) is 0 Å². The predicted octanol–water partition coefficient (Wildman–Crippen LogP) is 16.4. The molecule has 13 rings (SSSR count). The summed E-state index contributed by atoms with van der Waals surface area (Å²) in [6, 6.07) is 50.5. The molecule has 10 aromatic rings. The van der Waals surface area contributed by atoms with Crippen molar-refractivity contribution in [2.45, 2.75) is 130 Å². The van der Waals surface area contributed by atoms with Gasteiger partial charge in [-0.2, -0.15) is 0 Å². The zero-order valence-electron chi connectivity index (χ0n) is 42.9. The topological polar surface area (TPSA) is 10.9 Å². The van der Waals surface area contributed by atoms with Crippen molar-refractivity contribution in [3.05, 3.63) is 155 Å². The standard InChI is InChI=1S/C64H64BN3S/c1-60(2,3)37-22-25-40(26-23-37)66-51-33-39(62(7,8)9)34-52-55(51)65(48-36-44-42-18-14-16-20-49(42)68-50-21-17-15-19-43(50)54(56(44)68)58(48)66)59-57(45-32-38(61(4,5)6)24-29-53(45)69-59)67(52)41-27-28-46-47(35-41)64(12,13)31-30-63(46,10)11/h14-29,32-36H,30-31H2,1-13H3. The second kappa shape index (κ2) is 13.8. The highest BCUT2D eigenvalue weighted by atomic mass is 32.1. The van der Waals surface area contributed by atoms with Crippen LogP contribution in [0.4, 0.5) is 34.1 Å². The predicted molar refractivity (Wildman–Crippen MR) is 302 cm³/mol. The number of aromatic nitrogens is 1. The van der Waals surface area contributed by atoms with Crippen LogP contribution in [-0.4, -0.2) is 11.1 Å². The van der Waals surface area contributed by atoms with Gasteiger partial charge in [0.05, 0.1) is 27.9 Å². The molecule has 0 saturated carbocycles. The Bertz CT molecular complexity index is 3800. The van der Waals surface area contributed by atoms with E-state index >= 15 is 0 Å². The first-order valence-electron chi connectivity index (χ1n) is 25.4. The average molecular weight is 918 g/mol. The summed E-state index contributed by atoms with van der Waals surface area (Å²) in [6.07, 6.45) is 2.36. The van der Waals surface area contributed by atoms with Crippen LogP contribution in [0, 0.1) is 0 Å². The minimum absolute atomic E-state index is 0.00520. The van der Waals surface area contributed by atoms with Crippen LogP contribution in [0.3, 0.4) is 0 Å². The van der Waals surface area contributed by atoms with Crippen LogP contribution in [0.5, 0.6) is 0 Å². The van der Waals surface area contributed by atoms with E-state index in [9.17, 15) is 0 Å². The van der Waals surface area contributed by atoms with Gasteiger partial charge in [-0.15, -0.1) is 11.3 Å². The molecule has 3 aliphatic rings. The van der Waals surface area contributed by atoms with Gasteiger partial charge in [-0.05, 0) is 139 Å². The van der Waals surface area contributed by atoms with E-state index in [0.717, 1.165) is 0 Å². The number of fused-ring (bicyclic) bond motifs is 14. The summed E-state index contributed by atoms with van der Waals surface area (Å²) < 4.78 is 5.33. The number of para-hydroxylation sites is 2. The van der Waals surface area contributed by atoms with Gasteiger partial charge in [0.1, 0.15) is 0 Å². The summed E-state index contributed by atoms with van der Waals surface area (Å²) in [5.74, 6) is 0. The molecule has 0 atom stereocenters. The van der Waals surface area contributed by atoms with Crippen LogP contribution in [0.1, 0.15) is 131 Å². The Morgan fingerprint density at radius 1 is 0.493 bits per heavy atom. The minimum Gasteiger partial charge on any atom is -0.311 e. The van der Waals surface area contributed by atoms with E-state index in [-0.39, 0.29) is 33.8 Å². The minimum atomic E-state index is -0.132. The molecule has 0 radical (unpaired) electrons. The zero-order valence-corrected chi connectivity index (χ0v) is 43.7. The highest BCUT2D eigenvalue weighted by molar-refractivity contribution is 7.33. The van der Waals surface area contributed by atoms with Gasteiger partial charge in [-0.3, -0.25) is 0 Å². The van der Waals surface area contributed by atoms with Crippen molar-refractivity contribution in [1.82, 2.24) is 4.40 Å². The van der Waals surface area contributed by atoms with Crippen LogP contribution in [0.25, 0.3) is 48.2 Å². The maximum absolute atomic E-state index is 2.73. The summed E-state index contributed by atoms with van der Waals surface area (Å²) in [7, 11) is 0. The largest absolute Gasteiger partial charge is 0.311 e. The molecule has 0 amide bonds. The van der Waals surface area contributed by atoms with Gasteiger partial charge >= 0.3 is 0 Å². The molecule has 0 unspecified atom stereocenters. The van der Waals surface area contributed by atoms with Gasteiger partial charge in [-0.1, -0.05) is 157 Å². The van der Waals surface area contributed by atoms with E-state index in [0.29, 0.717) is 0 Å². The lowest BCUT2D eigenvalue weighted by Gasteiger charge is -2.45. The number of hydrogen-bond acceptors (Lipinski definition) is 3. The number of benzene rings is 7. The van der Waals surface area contributed by atoms with Crippen LogP contribution < -0.4 is 25.5 Å². The van der Waals surface area contributed by atoms with E-state index in [1.165, 1.54) is 139 Å². The highest BCUT2D eigenvalue weighted by Crippen LogP contribution is 2.55. The van der Waals surface area contributed by atoms with Crippen LogP contribution in [0.15, 0.2) is 127 Å². The number of nitrogens with zero attached hydrogens (tertiary/aromatic N) is 3. The third kappa shape index (κ3) is 5.98. The van der Waals surface area contributed by atoms with Crippen molar-refractivity contribution in [2.75, 3.05) is 9.80 Å². The molecule has 3 aromatic heterocycles. The number of hydrogen-bond donors (Lipinski definition) is 0. The quantitative estimate of drug-likeness (QED) is 0.160. The highest BCUT2D eigenvalue weighted by Gasteiger charge is 2.48. The van der Waals surface area contributed by atoms with Gasteiger partial charge in [0.2, 0.25) is 0 Å². The van der Waals surface area contributed by atoms with Crippen molar-refractivity contribution in [2.24, 2.45) is 0 Å². The first-order chi connectivity index (χ1) is 32.6. The van der Waals surface area contributed by atoms with Crippen molar-refractivity contribution in [3.8, 4) is 0 Å². The molecule has 0 spiro atoms. The lowest BCUT2D eigenvalue weighted by Crippen LogP contribution is -2.60. The van der Waals surface area contributed by atoms with Crippen molar-refractivity contribution in [3.63, 3.8) is 0 Å². The molecule has 0 fully saturated rings. The monoisotopic (exact) mass is 917 g/mol. The Morgan fingerprint density at radius 3 is 1.71 bits per heavy atom. The van der Waals surface area contributed by atoms with Crippen molar-refractivity contribution < 1.29 is 0 Å². The van der Waals surface area contributed by atoms with Crippen LogP contribution in [-0.2, 0) is 27.1 Å². The van der Waals surface area contributed by atoms with Gasteiger partial charge in [0.25, 0.3) is 6.71 Å². The fourth-order valence-electron chi connectivity index (χ4n) is 12.7. The first kappa shape index (κ1) is 43.0. The molecule has 2 aliphatic heterocycles. The Labute approximate surface area is 413 Å². The Morgan fingerprint density at radius 2 is 1.06 bits per heavy atom. The molecule has 1 aliphatic carbocycles. The fourth-order valence-corrected chi connectivity index (χ4v) is 14.0. The van der Waals surface area contributed by atoms with Crippen LogP contribution >= 0.6 is 11.3 Å². The van der Waals surface area contributed by atoms with Crippen LogP contribution in [0.2, 0.25) is 0 Å².